The Balaban J connectivity index is 1.77. The number of ketones is 1. The average Bonchev–Trinajstić information content (AvgIpc) is 2.51. The van der Waals surface area contributed by atoms with Crippen molar-refractivity contribution in [2.45, 2.75) is 77.5 Å². The first-order valence-corrected chi connectivity index (χ1v) is 9.47. The number of nitrogens with zero attached hydrogens (tertiary/aromatic N) is 1. The first-order valence-electron chi connectivity index (χ1n) is 9.47. The Labute approximate surface area is 154 Å². The summed E-state index contributed by atoms with van der Waals surface area (Å²) in [4.78, 5) is 27.5. The minimum Gasteiger partial charge on any atom is -0.444 e. The molecule has 2 fully saturated rings. The topological polar surface area (TPSA) is 46.6 Å². The van der Waals surface area contributed by atoms with Crippen LogP contribution in [0.1, 0.15) is 68.8 Å². The molecule has 142 valence electrons. The molecule has 0 N–H and O–H groups in total. The summed E-state index contributed by atoms with van der Waals surface area (Å²) in [7, 11) is 0. The molecule has 3 rings (SSSR count). The number of fused-ring (bicyclic) bond motifs is 2. The highest BCUT2D eigenvalue weighted by molar-refractivity contribution is 5.99. The van der Waals surface area contributed by atoms with Crippen LogP contribution >= 0.6 is 0 Å². The van der Waals surface area contributed by atoms with Crippen LogP contribution in [0.15, 0.2) is 18.2 Å². The van der Waals surface area contributed by atoms with Gasteiger partial charge < -0.3 is 9.64 Å². The van der Waals surface area contributed by atoms with Crippen molar-refractivity contribution in [2.75, 3.05) is 0 Å². The summed E-state index contributed by atoms with van der Waals surface area (Å²) in [6, 6.07) is 4.43. The van der Waals surface area contributed by atoms with Crippen LogP contribution in [0.2, 0.25) is 0 Å². The number of halogens is 1. The lowest BCUT2D eigenvalue weighted by Crippen LogP contribution is -2.56. The normalized spacial score (nSPS) is 25.7. The Hall–Kier alpha value is -1.91. The van der Waals surface area contributed by atoms with E-state index in [9.17, 15) is 14.0 Å². The monoisotopic (exact) mass is 361 g/mol. The van der Waals surface area contributed by atoms with Crippen LogP contribution in [-0.2, 0) is 4.74 Å². The van der Waals surface area contributed by atoms with Crippen molar-refractivity contribution >= 4 is 11.9 Å². The van der Waals surface area contributed by atoms with Gasteiger partial charge >= 0.3 is 6.09 Å². The fraction of sp³-hybridized carbons (Fsp3) is 0.619. The number of amides is 1. The molecule has 2 aliphatic heterocycles. The lowest BCUT2D eigenvalue weighted by molar-refractivity contribution is -0.0260. The van der Waals surface area contributed by atoms with E-state index in [0.29, 0.717) is 24.0 Å². The maximum atomic E-state index is 13.3. The van der Waals surface area contributed by atoms with Gasteiger partial charge in [-0.05, 0) is 83.6 Å². The summed E-state index contributed by atoms with van der Waals surface area (Å²) < 4.78 is 18.9. The molecule has 2 bridgehead atoms. The van der Waals surface area contributed by atoms with E-state index in [4.69, 9.17) is 4.74 Å². The second kappa shape index (κ2) is 7.01. The lowest BCUT2D eigenvalue weighted by atomic mass is 9.75. The predicted molar refractivity (Wildman–Crippen MR) is 97.7 cm³/mol. The quantitative estimate of drug-likeness (QED) is 0.705. The van der Waals surface area contributed by atoms with Crippen molar-refractivity contribution in [3.8, 4) is 0 Å². The Morgan fingerprint density at radius 1 is 1.15 bits per heavy atom. The Morgan fingerprint density at radius 3 is 2.31 bits per heavy atom. The number of hydrogen-bond donors (Lipinski definition) is 0. The molecule has 2 heterocycles. The average molecular weight is 361 g/mol. The van der Waals surface area contributed by atoms with Gasteiger partial charge in [0.2, 0.25) is 0 Å². The fourth-order valence-electron chi connectivity index (χ4n) is 4.33. The molecular weight excluding hydrogens is 333 g/mol. The number of ether oxygens (including phenoxy) is 1. The van der Waals surface area contributed by atoms with E-state index in [1.807, 2.05) is 25.7 Å². The number of carbonyl (C=O) groups excluding carboxylic acids is 2. The van der Waals surface area contributed by atoms with Crippen LogP contribution in [0.25, 0.3) is 0 Å². The number of Topliss-reactive ketones (excluding diaryl/α,β-unsaturated/α-hetero) is 1. The van der Waals surface area contributed by atoms with Crippen molar-refractivity contribution in [1.29, 1.82) is 0 Å². The molecule has 5 heteroatoms. The van der Waals surface area contributed by atoms with Crippen molar-refractivity contribution in [2.24, 2.45) is 5.92 Å². The zero-order valence-electron chi connectivity index (χ0n) is 16.0. The summed E-state index contributed by atoms with van der Waals surface area (Å²) in [5, 5.41) is 0. The highest BCUT2D eigenvalue weighted by atomic mass is 19.1. The Bertz CT molecular complexity index is 696. The van der Waals surface area contributed by atoms with Gasteiger partial charge in [-0.25, -0.2) is 9.18 Å². The largest absolute Gasteiger partial charge is 0.444 e. The van der Waals surface area contributed by atoms with E-state index in [-0.39, 0.29) is 35.7 Å². The van der Waals surface area contributed by atoms with Gasteiger partial charge in [-0.15, -0.1) is 0 Å². The maximum Gasteiger partial charge on any atom is 0.410 e. The van der Waals surface area contributed by atoms with E-state index in [2.05, 4.69) is 0 Å². The smallest absolute Gasteiger partial charge is 0.410 e. The fourth-order valence-corrected chi connectivity index (χ4v) is 4.33. The first-order chi connectivity index (χ1) is 12.2. The molecule has 2 aliphatic rings. The molecule has 2 unspecified atom stereocenters. The van der Waals surface area contributed by atoms with Gasteiger partial charge in [0, 0.05) is 23.6 Å². The van der Waals surface area contributed by atoms with Crippen molar-refractivity contribution in [3.63, 3.8) is 0 Å². The number of carbonyl (C=O) groups is 2. The number of benzene rings is 1. The lowest BCUT2D eigenvalue weighted by Gasteiger charge is -2.48. The van der Waals surface area contributed by atoms with Gasteiger partial charge in [0.1, 0.15) is 11.4 Å². The SMILES string of the molecule is Cc1cc(F)ccc1C(=O)C1CC2CCCC(C1)N2C(=O)OC(C)(C)C. The molecular formula is C21H28FNO3. The van der Waals surface area contributed by atoms with Gasteiger partial charge in [0.25, 0.3) is 0 Å². The van der Waals surface area contributed by atoms with E-state index in [0.717, 1.165) is 19.3 Å². The minimum atomic E-state index is -0.525. The molecule has 1 aromatic rings. The zero-order valence-corrected chi connectivity index (χ0v) is 16.0. The molecule has 2 saturated heterocycles. The molecule has 0 radical (unpaired) electrons. The Morgan fingerprint density at radius 2 is 1.77 bits per heavy atom. The van der Waals surface area contributed by atoms with Crippen LogP contribution in [-0.4, -0.2) is 34.5 Å². The Kier molecular flexibility index (Phi) is 5.09. The molecule has 1 amide bonds. The second-order valence-electron chi connectivity index (χ2n) is 8.62. The summed E-state index contributed by atoms with van der Waals surface area (Å²) in [5.74, 6) is -0.368. The molecule has 2 atom stereocenters. The predicted octanol–water partition coefficient (Wildman–Crippen LogP) is 4.89. The summed E-state index contributed by atoms with van der Waals surface area (Å²) in [6.45, 7) is 7.38. The van der Waals surface area contributed by atoms with Crippen LogP contribution in [0.4, 0.5) is 9.18 Å². The second-order valence-corrected chi connectivity index (χ2v) is 8.62. The third kappa shape index (κ3) is 3.92. The highest BCUT2D eigenvalue weighted by Crippen LogP contribution is 2.39. The summed E-state index contributed by atoms with van der Waals surface area (Å²) >= 11 is 0. The highest BCUT2D eigenvalue weighted by Gasteiger charge is 2.44. The van der Waals surface area contributed by atoms with Crippen molar-refractivity contribution < 1.29 is 18.7 Å². The molecule has 0 aromatic heterocycles. The van der Waals surface area contributed by atoms with E-state index in [1.165, 1.54) is 12.1 Å². The van der Waals surface area contributed by atoms with E-state index < -0.39 is 5.60 Å². The number of aryl methyl sites for hydroxylation is 1. The van der Waals surface area contributed by atoms with E-state index in [1.54, 1.807) is 13.0 Å². The number of rotatable bonds is 2. The van der Waals surface area contributed by atoms with Gasteiger partial charge in [-0.2, -0.15) is 0 Å². The third-order valence-electron chi connectivity index (χ3n) is 5.40. The van der Waals surface area contributed by atoms with Crippen LogP contribution in [0.3, 0.4) is 0 Å². The number of piperidine rings is 2. The van der Waals surface area contributed by atoms with Gasteiger partial charge in [0.05, 0.1) is 0 Å². The van der Waals surface area contributed by atoms with Gasteiger partial charge in [-0.3, -0.25) is 4.79 Å². The van der Waals surface area contributed by atoms with Crippen LogP contribution in [0, 0.1) is 18.7 Å². The third-order valence-corrected chi connectivity index (χ3v) is 5.40. The van der Waals surface area contributed by atoms with Crippen LogP contribution in [0.5, 0.6) is 0 Å². The molecule has 4 nitrogen and oxygen atoms in total. The molecule has 1 aromatic carbocycles. The standard InChI is InChI=1S/C21H28FNO3/c1-13-10-15(22)8-9-18(13)19(24)14-11-16-6-5-7-17(12-14)23(16)20(25)26-21(2,3)4/h8-10,14,16-17H,5-7,11-12H2,1-4H3. The molecule has 0 saturated carbocycles. The van der Waals surface area contributed by atoms with E-state index >= 15 is 0 Å². The van der Waals surface area contributed by atoms with Crippen molar-refractivity contribution in [3.05, 3.63) is 35.1 Å². The summed E-state index contributed by atoms with van der Waals surface area (Å²) in [5.41, 5.74) is 0.749. The number of hydrogen-bond acceptors (Lipinski definition) is 3. The maximum absolute atomic E-state index is 13.3. The van der Waals surface area contributed by atoms with Crippen LogP contribution < -0.4 is 0 Å². The minimum absolute atomic E-state index is 0.0482. The zero-order chi connectivity index (χ0) is 19.1. The van der Waals surface area contributed by atoms with Gasteiger partial charge in [-0.1, -0.05) is 0 Å². The molecule has 0 aliphatic carbocycles. The summed E-state index contributed by atoms with van der Waals surface area (Å²) in [6.07, 6.45) is 3.93. The first kappa shape index (κ1) is 18.9. The van der Waals surface area contributed by atoms with Crippen molar-refractivity contribution in [1.82, 2.24) is 4.90 Å². The molecule has 26 heavy (non-hydrogen) atoms. The molecule has 0 spiro atoms. The van der Waals surface area contributed by atoms with Gasteiger partial charge in [0.15, 0.2) is 5.78 Å².